The van der Waals surface area contributed by atoms with Crippen LogP contribution in [-0.2, 0) is 4.79 Å². The quantitative estimate of drug-likeness (QED) is 0.643. The number of nitrogens with one attached hydrogen (secondary N) is 2. The molecule has 0 radical (unpaired) electrons. The normalized spacial score (nSPS) is 15.4. The number of urea groups is 1. The van der Waals surface area contributed by atoms with Crippen LogP contribution in [0.15, 0.2) is 0 Å². The van der Waals surface area contributed by atoms with Crippen molar-refractivity contribution >= 4 is 11.9 Å². The van der Waals surface area contributed by atoms with Crippen molar-refractivity contribution < 1.29 is 9.59 Å². The Morgan fingerprint density at radius 3 is 2.27 bits per heavy atom. The largest absolute Gasteiger partial charge is 0.343 e. The molecule has 1 saturated carbocycles. The summed E-state index contributed by atoms with van der Waals surface area (Å²) in [7, 11) is 0. The summed E-state index contributed by atoms with van der Waals surface area (Å²) >= 11 is 0. The van der Waals surface area contributed by atoms with Crippen molar-refractivity contribution in [2.45, 2.75) is 77.7 Å². The van der Waals surface area contributed by atoms with Gasteiger partial charge in [-0.1, -0.05) is 33.1 Å². The molecule has 5 nitrogen and oxygen atoms in total. The van der Waals surface area contributed by atoms with Crippen molar-refractivity contribution in [3.63, 3.8) is 0 Å². The van der Waals surface area contributed by atoms with E-state index in [1.54, 1.807) is 0 Å². The van der Waals surface area contributed by atoms with Gasteiger partial charge in [-0.25, -0.2) is 4.79 Å². The minimum Gasteiger partial charge on any atom is -0.343 e. The van der Waals surface area contributed by atoms with Crippen molar-refractivity contribution in [1.82, 2.24) is 15.5 Å². The third-order valence-corrected chi connectivity index (χ3v) is 4.13. The minimum atomic E-state index is -0.0849. The van der Waals surface area contributed by atoms with Crippen LogP contribution in [0, 0.1) is 0 Å². The lowest BCUT2D eigenvalue weighted by atomic mass is 9.96. The molecule has 1 aliphatic carbocycles. The van der Waals surface area contributed by atoms with Gasteiger partial charge in [0.1, 0.15) is 0 Å². The maximum Gasteiger partial charge on any atom is 0.315 e. The molecule has 0 aromatic rings. The van der Waals surface area contributed by atoms with Gasteiger partial charge < -0.3 is 15.5 Å². The Kier molecular flexibility index (Phi) is 9.67. The first-order valence-electron chi connectivity index (χ1n) is 8.99. The van der Waals surface area contributed by atoms with Crippen molar-refractivity contribution in [3.8, 4) is 0 Å². The zero-order chi connectivity index (χ0) is 16.2. The summed E-state index contributed by atoms with van der Waals surface area (Å²) in [5, 5.41) is 5.89. The zero-order valence-corrected chi connectivity index (χ0v) is 14.3. The monoisotopic (exact) mass is 311 g/mol. The number of nitrogens with zero attached hydrogens (tertiary/aromatic N) is 1. The molecule has 128 valence electrons. The molecule has 1 aliphatic rings. The lowest BCUT2D eigenvalue weighted by molar-refractivity contribution is -0.131. The summed E-state index contributed by atoms with van der Waals surface area (Å²) in [5.41, 5.74) is 0. The van der Waals surface area contributed by atoms with Crippen LogP contribution in [0.4, 0.5) is 4.79 Å². The highest BCUT2D eigenvalue weighted by Crippen LogP contribution is 2.17. The fourth-order valence-electron chi connectivity index (χ4n) is 2.98. The van der Waals surface area contributed by atoms with E-state index >= 15 is 0 Å². The van der Waals surface area contributed by atoms with Crippen molar-refractivity contribution in [2.75, 3.05) is 19.6 Å². The maximum atomic E-state index is 12.1. The average molecular weight is 311 g/mol. The van der Waals surface area contributed by atoms with E-state index in [9.17, 15) is 9.59 Å². The standard InChI is InChI=1S/C17H33N3O2/c1-3-13-20(14-4-2)16(21)11-8-12-18-17(22)19-15-9-6-5-7-10-15/h15H,3-14H2,1-2H3,(H2,18,19,22). The van der Waals surface area contributed by atoms with E-state index in [1.165, 1.54) is 19.3 Å². The molecule has 0 spiro atoms. The van der Waals surface area contributed by atoms with E-state index in [4.69, 9.17) is 0 Å². The van der Waals surface area contributed by atoms with Gasteiger partial charge in [-0.3, -0.25) is 4.79 Å². The fourth-order valence-corrected chi connectivity index (χ4v) is 2.98. The first kappa shape index (κ1) is 18.8. The van der Waals surface area contributed by atoms with Crippen LogP contribution >= 0.6 is 0 Å². The number of rotatable bonds is 9. The van der Waals surface area contributed by atoms with Gasteiger partial charge in [-0.05, 0) is 32.1 Å². The summed E-state index contributed by atoms with van der Waals surface area (Å²) in [6.07, 6.45) is 9.11. The number of carbonyl (C=O) groups excluding carboxylic acids is 2. The van der Waals surface area contributed by atoms with Gasteiger partial charge >= 0.3 is 6.03 Å². The number of amides is 3. The molecule has 0 unspecified atom stereocenters. The SMILES string of the molecule is CCCN(CCC)C(=O)CCCNC(=O)NC1CCCCC1. The lowest BCUT2D eigenvalue weighted by Crippen LogP contribution is -2.43. The molecule has 5 heteroatoms. The van der Waals surface area contributed by atoms with E-state index in [0.717, 1.165) is 38.8 Å². The average Bonchev–Trinajstić information content (AvgIpc) is 2.52. The predicted octanol–water partition coefficient (Wildman–Crippen LogP) is 3.05. The van der Waals surface area contributed by atoms with Crippen LogP contribution < -0.4 is 10.6 Å². The molecule has 0 aromatic heterocycles. The van der Waals surface area contributed by atoms with E-state index in [-0.39, 0.29) is 11.9 Å². The Labute approximate surface area is 135 Å². The molecular weight excluding hydrogens is 278 g/mol. The van der Waals surface area contributed by atoms with Crippen LogP contribution in [0.25, 0.3) is 0 Å². The number of hydrogen-bond donors (Lipinski definition) is 2. The summed E-state index contributed by atoms with van der Waals surface area (Å²) in [4.78, 5) is 25.8. The van der Waals surface area contributed by atoms with Crippen LogP contribution in [-0.4, -0.2) is 42.5 Å². The Balaban J connectivity index is 2.12. The van der Waals surface area contributed by atoms with E-state index in [1.807, 2.05) is 4.90 Å². The molecule has 0 atom stereocenters. The Hall–Kier alpha value is -1.26. The third kappa shape index (κ3) is 7.66. The van der Waals surface area contributed by atoms with Gasteiger partial charge in [0.05, 0.1) is 0 Å². The topological polar surface area (TPSA) is 61.4 Å². The molecule has 0 heterocycles. The second kappa shape index (κ2) is 11.3. The van der Waals surface area contributed by atoms with Gasteiger partial charge in [0.15, 0.2) is 0 Å². The summed E-state index contributed by atoms with van der Waals surface area (Å²) < 4.78 is 0. The summed E-state index contributed by atoms with van der Waals surface area (Å²) in [5.74, 6) is 0.207. The number of hydrogen-bond acceptors (Lipinski definition) is 2. The Bertz CT molecular complexity index is 322. The predicted molar refractivity (Wildman–Crippen MR) is 89.8 cm³/mol. The molecule has 22 heavy (non-hydrogen) atoms. The van der Waals surface area contributed by atoms with E-state index in [0.29, 0.717) is 25.4 Å². The summed E-state index contributed by atoms with van der Waals surface area (Å²) in [6, 6.07) is 0.248. The maximum absolute atomic E-state index is 12.1. The molecule has 1 rings (SSSR count). The van der Waals surface area contributed by atoms with Crippen molar-refractivity contribution in [3.05, 3.63) is 0 Å². The Morgan fingerprint density at radius 2 is 1.68 bits per heavy atom. The summed E-state index contributed by atoms with van der Waals surface area (Å²) in [6.45, 7) is 6.42. The van der Waals surface area contributed by atoms with Crippen molar-refractivity contribution in [1.29, 1.82) is 0 Å². The Morgan fingerprint density at radius 1 is 1.05 bits per heavy atom. The zero-order valence-electron chi connectivity index (χ0n) is 14.3. The van der Waals surface area contributed by atoms with Crippen molar-refractivity contribution in [2.24, 2.45) is 0 Å². The van der Waals surface area contributed by atoms with Crippen LogP contribution in [0.1, 0.15) is 71.6 Å². The van der Waals surface area contributed by atoms with Crippen LogP contribution in [0.3, 0.4) is 0 Å². The van der Waals surface area contributed by atoms with Gasteiger partial charge in [-0.2, -0.15) is 0 Å². The molecular formula is C17H33N3O2. The first-order chi connectivity index (χ1) is 10.7. The smallest absolute Gasteiger partial charge is 0.315 e. The molecule has 1 fully saturated rings. The molecule has 0 bridgehead atoms. The first-order valence-corrected chi connectivity index (χ1v) is 8.99. The fraction of sp³-hybridized carbons (Fsp3) is 0.882. The van der Waals surface area contributed by atoms with Crippen LogP contribution in [0.2, 0.25) is 0 Å². The van der Waals surface area contributed by atoms with Gasteiger partial charge in [0.25, 0.3) is 0 Å². The number of carbonyl (C=O) groups is 2. The highest BCUT2D eigenvalue weighted by Gasteiger charge is 2.15. The minimum absolute atomic E-state index is 0.0849. The van der Waals surface area contributed by atoms with Crippen LogP contribution in [0.5, 0.6) is 0 Å². The lowest BCUT2D eigenvalue weighted by Gasteiger charge is -2.23. The van der Waals surface area contributed by atoms with Gasteiger partial charge in [-0.15, -0.1) is 0 Å². The van der Waals surface area contributed by atoms with E-state index < -0.39 is 0 Å². The molecule has 2 N–H and O–H groups in total. The molecule has 0 aliphatic heterocycles. The highest BCUT2D eigenvalue weighted by molar-refractivity contribution is 5.76. The van der Waals surface area contributed by atoms with Gasteiger partial charge in [0, 0.05) is 32.1 Å². The molecule has 3 amide bonds. The van der Waals surface area contributed by atoms with Gasteiger partial charge in [0.2, 0.25) is 5.91 Å². The third-order valence-electron chi connectivity index (χ3n) is 4.13. The molecule has 0 saturated heterocycles. The second-order valence-electron chi connectivity index (χ2n) is 6.22. The molecule has 0 aromatic carbocycles. The second-order valence-corrected chi connectivity index (χ2v) is 6.22. The highest BCUT2D eigenvalue weighted by atomic mass is 16.2. The van der Waals surface area contributed by atoms with E-state index in [2.05, 4.69) is 24.5 Å².